The molecule has 0 bridgehead atoms. The highest BCUT2D eigenvalue weighted by atomic mass is 16.3. The molecule has 1 radical (unpaired) electrons. The van der Waals surface area contributed by atoms with Crippen molar-refractivity contribution in [1.29, 1.82) is 0 Å². The number of benzene rings is 2. The molecule has 0 N–H and O–H groups in total. The second-order valence-corrected chi connectivity index (χ2v) is 6.36. The van der Waals surface area contributed by atoms with Crippen molar-refractivity contribution >= 4 is 0 Å². The average Bonchev–Trinajstić information content (AvgIpc) is 2.67. The van der Waals surface area contributed by atoms with Gasteiger partial charge in [-0.1, -0.05) is 67.6 Å². The highest BCUT2D eigenvalue weighted by Crippen LogP contribution is 2.25. The van der Waals surface area contributed by atoms with Crippen molar-refractivity contribution < 1.29 is 5.11 Å². The number of hydrogen-bond donors (Lipinski definition) is 0. The Bertz CT molecular complexity index is 746. The zero-order chi connectivity index (χ0) is 17.6. The van der Waals surface area contributed by atoms with Gasteiger partial charge in [0.05, 0.1) is 6.10 Å². The van der Waals surface area contributed by atoms with Crippen molar-refractivity contribution in [3.63, 3.8) is 0 Å². The summed E-state index contributed by atoms with van der Waals surface area (Å²) in [4.78, 5) is 14.0. The van der Waals surface area contributed by atoms with Gasteiger partial charge in [0.15, 0.2) is 11.6 Å². The zero-order valence-corrected chi connectivity index (χ0v) is 14.6. The fraction of sp³-hybridized carbons (Fsp3) is 0.286. The van der Waals surface area contributed by atoms with E-state index in [0.29, 0.717) is 18.1 Å². The lowest BCUT2D eigenvalue weighted by Gasteiger charge is -2.13. The maximum absolute atomic E-state index is 11.4. The van der Waals surface area contributed by atoms with Crippen molar-refractivity contribution in [3.8, 4) is 22.8 Å². The van der Waals surface area contributed by atoms with Gasteiger partial charge in [-0.15, -0.1) is 0 Å². The summed E-state index contributed by atoms with van der Waals surface area (Å²) in [6, 6.07) is 19.8. The highest BCUT2D eigenvalue weighted by molar-refractivity contribution is 5.60. The minimum atomic E-state index is -0.563. The Morgan fingerprint density at radius 1 is 0.720 bits per heavy atom. The Hall–Kier alpha value is -2.59. The third kappa shape index (κ3) is 4.48. The molecule has 3 aromatic rings. The Labute approximate surface area is 148 Å². The maximum Gasteiger partial charge on any atom is 0.163 e. The van der Waals surface area contributed by atoms with E-state index in [1.165, 1.54) is 0 Å². The van der Waals surface area contributed by atoms with E-state index in [9.17, 15) is 5.11 Å². The lowest BCUT2D eigenvalue weighted by atomic mass is 10.0. The predicted molar refractivity (Wildman–Crippen MR) is 98.5 cm³/mol. The molecular formula is C21H22N3O. The van der Waals surface area contributed by atoms with E-state index in [0.717, 1.165) is 23.4 Å². The van der Waals surface area contributed by atoms with Crippen LogP contribution in [0.15, 0.2) is 60.7 Å². The van der Waals surface area contributed by atoms with E-state index in [2.05, 4.69) is 21.9 Å². The molecule has 0 aliphatic rings. The van der Waals surface area contributed by atoms with Crippen LogP contribution < -0.4 is 0 Å². The summed E-state index contributed by atoms with van der Waals surface area (Å²) in [6.07, 6.45) is 0.831. The fourth-order valence-corrected chi connectivity index (χ4v) is 2.66. The first-order valence-corrected chi connectivity index (χ1v) is 8.66. The van der Waals surface area contributed by atoms with Crippen LogP contribution >= 0.6 is 0 Å². The SMILES string of the molecule is CC([O])CCC(C)c1nc(-c2ccccc2)nc(-c2ccccc2)n1. The fourth-order valence-electron chi connectivity index (χ4n) is 2.66. The minimum absolute atomic E-state index is 0.115. The normalized spacial score (nSPS) is 13.4. The van der Waals surface area contributed by atoms with Gasteiger partial charge in [-0.25, -0.2) is 20.1 Å². The molecule has 3 rings (SSSR count). The maximum atomic E-state index is 11.4. The molecule has 0 saturated heterocycles. The highest BCUT2D eigenvalue weighted by Gasteiger charge is 2.16. The molecule has 0 saturated carbocycles. The van der Waals surface area contributed by atoms with Crippen molar-refractivity contribution in [1.82, 2.24) is 15.0 Å². The van der Waals surface area contributed by atoms with E-state index in [-0.39, 0.29) is 5.92 Å². The molecule has 2 atom stereocenters. The second-order valence-electron chi connectivity index (χ2n) is 6.36. The molecule has 0 fully saturated rings. The van der Waals surface area contributed by atoms with Gasteiger partial charge >= 0.3 is 0 Å². The standard InChI is InChI=1S/C21H22N3O/c1-15(13-14-16(2)25)19-22-20(17-9-5-3-6-10-17)24-21(23-19)18-11-7-4-8-12-18/h3-12,15-16H,13-14H2,1-2H3. The summed E-state index contributed by atoms with van der Waals surface area (Å²) in [5, 5.41) is 11.4. The van der Waals surface area contributed by atoms with Crippen LogP contribution in [0.1, 0.15) is 38.4 Å². The van der Waals surface area contributed by atoms with Gasteiger partial charge < -0.3 is 0 Å². The molecular weight excluding hydrogens is 310 g/mol. The van der Waals surface area contributed by atoms with E-state index >= 15 is 0 Å². The first kappa shape index (κ1) is 17.2. The Kier molecular flexibility index (Phi) is 5.51. The zero-order valence-electron chi connectivity index (χ0n) is 14.6. The third-order valence-corrected chi connectivity index (χ3v) is 4.16. The molecule has 0 amide bonds. The number of nitrogens with zero attached hydrogens (tertiary/aromatic N) is 3. The quantitative estimate of drug-likeness (QED) is 0.644. The second kappa shape index (κ2) is 7.99. The molecule has 4 heteroatoms. The van der Waals surface area contributed by atoms with Crippen molar-refractivity contribution in [2.75, 3.05) is 0 Å². The Morgan fingerprint density at radius 3 is 1.64 bits per heavy atom. The van der Waals surface area contributed by atoms with Crippen molar-refractivity contribution in [2.24, 2.45) is 0 Å². The molecule has 2 unspecified atom stereocenters. The van der Waals surface area contributed by atoms with E-state index in [1.54, 1.807) is 6.92 Å². The molecule has 1 aromatic heterocycles. The minimum Gasteiger partial charge on any atom is -0.233 e. The molecule has 0 aliphatic carbocycles. The Morgan fingerprint density at radius 2 is 1.20 bits per heavy atom. The molecule has 0 aliphatic heterocycles. The largest absolute Gasteiger partial charge is 0.233 e. The average molecular weight is 332 g/mol. The number of aromatic nitrogens is 3. The molecule has 1 heterocycles. The Balaban J connectivity index is 2.02. The van der Waals surface area contributed by atoms with Gasteiger partial charge in [0.1, 0.15) is 5.82 Å². The summed E-state index contributed by atoms with van der Waals surface area (Å²) < 4.78 is 0. The first-order chi connectivity index (χ1) is 12.1. The van der Waals surface area contributed by atoms with Crippen LogP contribution in [0.2, 0.25) is 0 Å². The van der Waals surface area contributed by atoms with Gasteiger partial charge in [-0.05, 0) is 19.8 Å². The molecule has 127 valence electrons. The monoisotopic (exact) mass is 332 g/mol. The van der Waals surface area contributed by atoms with E-state index < -0.39 is 6.10 Å². The summed E-state index contributed by atoms with van der Waals surface area (Å²) in [7, 11) is 0. The van der Waals surface area contributed by atoms with Crippen LogP contribution in [0.25, 0.3) is 22.8 Å². The van der Waals surface area contributed by atoms with E-state index in [4.69, 9.17) is 0 Å². The number of rotatable bonds is 6. The molecule has 0 spiro atoms. The summed E-state index contributed by atoms with van der Waals surface area (Å²) >= 11 is 0. The predicted octanol–water partition coefficient (Wildman–Crippen LogP) is 4.91. The topological polar surface area (TPSA) is 58.6 Å². The summed E-state index contributed by atoms with van der Waals surface area (Å²) in [5.41, 5.74) is 1.93. The smallest absolute Gasteiger partial charge is 0.163 e. The van der Waals surface area contributed by atoms with E-state index in [1.807, 2.05) is 60.7 Å². The van der Waals surface area contributed by atoms with Crippen molar-refractivity contribution in [3.05, 3.63) is 66.5 Å². The summed E-state index contributed by atoms with van der Waals surface area (Å²) in [6.45, 7) is 3.77. The van der Waals surface area contributed by atoms with Crippen LogP contribution in [-0.2, 0) is 5.11 Å². The van der Waals surface area contributed by atoms with Crippen LogP contribution in [0, 0.1) is 0 Å². The van der Waals surface area contributed by atoms with Crippen molar-refractivity contribution in [2.45, 2.75) is 38.7 Å². The first-order valence-electron chi connectivity index (χ1n) is 8.66. The van der Waals surface area contributed by atoms with Gasteiger partial charge in [-0.3, -0.25) is 0 Å². The van der Waals surface area contributed by atoms with Gasteiger partial charge in [-0.2, -0.15) is 0 Å². The third-order valence-electron chi connectivity index (χ3n) is 4.16. The van der Waals surface area contributed by atoms with Gasteiger partial charge in [0.2, 0.25) is 0 Å². The van der Waals surface area contributed by atoms with Gasteiger partial charge in [0, 0.05) is 17.0 Å². The number of hydrogen-bond acceptors (Lipinski definition) is 3. The molecule has 2 aromatic carbocycles. The van der Waals surface area contributed by atoms with Crippen LogP contribution in [-0.4, -0.2) is 21.1 Å². The van der Waals surface area contributed by atoms with Crippen LogP contribution in [0.5, 0.6) is 0 Å². The summed E-state index contributed by atoms with van der Waals surface area (Å²) in [5.74, 6) is 2.20. The van der Waals surface area contributed by atoms with Crippen LogP contribution in [0.3, 0.4) is 0 Å². The molecule has 25 heavy (non-hydrogen) atoms. The van der Waals surface area contributed by atoms with Gasteiger partial charge in [0.25, 0.3) is 0 Å². The lowest BCUT2D eigenvalue weighted by molar-refractivity contribution is 0.0940. The molecule has 4 nitrogen and oxygen atoms in total. The lowest BCUT2D eigenvalue weighted by Crippen LogP contribution is -2.08. The van der Waals surface area contributed by atoms with Crippen LogP contribution in [0.4, 0.5) is 0 Å².